The van der Waals surface area contributed by atoms with Crippen molar-refractivity contribution < 1.29 is 14.3 Å². The maximum atomic E-state index is 13.1. The number of ether oxygens (including phenoxy) is 1. The molecule has 4 aromatic rings. The Morgan fingerprint density at radius 1 is 0.970 bits per heavy atom. The second-order valence-corrected chi connectivity index (χ2v) is 8.86. The Labute approximate surface area is 193 Å². The van der Waals surface area contributed by atoms with E-state index in [1.54, 1.807) is 18.5 Å². The van der Waals surface area contributed by atoms with E-state index in [0.717, 1.165) is 22.0 Å². The largest absolute Gasteiger partial charge is 0.444 e. The summed E-state index contributed by atoms with van der Waals surface area (Å²) < 4.78 is 7.17. The van der Waals surface area contributed by atoms with Crippen LogP contribution >= 0.6 is 0 Å². The quantitative estimate of drug-likeness (QED) is 0.362. The highest BCUT2D eigenvalue weighted by atomic mass is 16.6. The number of hydrogen-bond donors (Lipinski definition) is 1. The van der Waals surface area contributed by atoms with Crippen molar-refractivity contribution >= 4 is 28.3 Å². The molecule has 1 N–H and O–H groups in total. The molecule has 3 aromatic carbocycles. The molecule has 6 nitrogen and oxygen atoms in total. The molecule has 1 heterocycles. The molecule has 0 unspecified atom stereocenters. The average molecular weight is 442 g/mol. The molecule has 0 radical (unpaired) electrons. The number of ketones is 1. The number of benzene rings is 3. The number of aromatic nitrogens is 2. The van der Waals surface area contributed by atoms with Gasteiger partial charge in [-0.1, -0.05) is 48.5 Å². The Hall–Kier alpha value is -3.93. The first-order chi connectivity index (χ1) is 15.8. The number of amides is 1. The van der Waals surface area contributed by atoms with Gasteiger partial charge in [-0.3, -0.25) is 14.7 Å². The van der Waals surface area contributed by atoms with E-state index in [0.29, 0.717) is 17.9 Å². The number of fused-ring (bicyclic) bond motifs is 1. The van der Waals surface area contributed by atoms with Gasteiger partial charge in [0.15, 0.2) is 11.6 Å². The van der Waals surface area contributed by atoms with Gasteiger partial charge in [0.25, 0.3) is 0 Å². The smallest absolute Gasteiger partial charge is 0.412 e. The van der Waals surface area contributed by atoms with Crippen LogP contribution < -0.4 is 5.32 Å². The molecule has 0 atom stereocenters. The summed E-state index contributed by atoms with van der Waals surface area (Å²) in [6.07, 6.45) is 3.65. The number of nitrogens with one attached hydrogen (secondary N) is 1. The maximum absolute atomic E-state index is 13.1. The summed E-state index contributed by atoms with van der Waals surface area (Å²) in [5, 5.41) is 5.03. The Morgan fingerprint density at radius 2 is 1.70 bits per heavy atom. The molecule has 168 valence electrons. The van der Waals surface area contributed by atoms with Crippen LogP contribution in [0.4, 0.5) is 10.5 Å². The topological polar surface area (TPSA) is 73.2 Å². The molecule has 0 saturated heterocycles. The molecule has 0 bridgehead atoms. The third kappa shape index (κ3) is 5.47. The van der Waals surface area contributed by atoms with Crippen LogP contribution in [0.1, 0.15) is 43.4 Å². The molecular formula is C27H27N3O3. The molecule has 1 aromatic heterocycles. The standard InChI is InChI=1S/C27H27N3O3/c1-27(2,3)33-26(32)29-23-11-7-6-9-20(23)13-15-24(31)25-28-16-17-30(25)22-14-12-19-8-4-5-10-21(19)18-22/h4-12,14,16-18H,13,15H2,1-3H3,(H,29,32). The fourth-order valence-corrected chi connectivity index (χ4v) is 3.68. The van der Waals surface area contributed by atoms with Gasteiger partial charge < -0.3 is 4.74 Å². The van der Waals surface area contributed by atoms with Crippen LogP contribution in [-0.4, -0.2) is 27.0 Å². The highest BCUT2D eigenvalue weighted by Gasteiger charge is 2.18. The van der Waals surface area contributed by atoms with Crippen LogP contribution in [0.5, 0.6) is 0 Å². The van der Waals surface area contributed by atoms with Crippen molar-refractivity contribution in [2.24, 2.45) is 0 Å². The normalized spacial score (nSPS) is 11.4. The van der Waals surface area contributed by atoms with Crippen molar-refractivity contribution in [1.82, 2.24) is 9.55 Å². The number of hydrogen-bond acceptors (Lipinski definition) is 4. The molecule has 33 heavy (non-hydrogen) atoms. The molecule has 6 heteroatoms. The zero-order valence-electron chi connectivity index (χ0n) is 19.0. The van der Waals surface area contributed by atoms with Crippen LogP contribution in [0.3, 0.4) is 0 Å². The van der Waals surface area contributed by atoms with E-state index in [1.165, 1.54) is 0 Å². The molecule has 0 saturated carbocycles. The lowest BCUT2D eigenvalue weighted by atomic mass is 10.0. The van der Waals surface area contributed by atoms with Crippen LogP contribution in [0.25, 0.3) is 16.5 Å². The molecule has 1 amide bonds. The van der Waals surface area contributed by atoms with Crippen LogP contribution in [0.15, 0.2) is 79.1 Å². The van der Waals surface area contributed by atoms with E-state index >= 15 is 0 Å². The Balaban J connectivity index is 1.49. The summed E-state index contributed by atoms with van der Waals surface area (Å²) in [5.41, 5.74) is 1.80. The monoisotopic (exact) mass is 441 g/mol. The number of aryl methyl sites for hydroxylation is 1. The van der Waals surface area contributed by atoms with Crippen molar-refractivity contribution in [3.8, 4) is 5.69 Å². The molecule has 0 aliphatic carbocycles. The minimum Gasteiger partial charge on any atom is -0.444 e. The van der Waals surface area contributed by atoms with Gasteiger partial charge in [-0.25, -0.2) is 9.78 Å². The summed E-state index contributed by atoms with van der Waals surface area (Å²) in [7, 11) is 0. The summed E-state index contributed by atoms with van der Waals surface area (Å²) in [5.74, 6) is 0.322. The summed E-state index contributed by atoms with van der Waals surface area (Å²) >= 11 is 0. The number of rotatable bonds is 6. The van der Waals surface area contributed by atoms with Crippen LogP contribution in [0, 0.1) is 0 Å². The Morgan fingerprint density at radius 3 is 2.48 bits per heavy atom. The molecule has 0 aliphatic rings. The van der Waals surface area contributed by atoms with Gasteiger partial charge >= 0.3 is 6.09 Å². The predicted octanol–water partition coefficient (Wildman–Crippen LogP) is 6.19. The number of nitrogens with zero attached hydrogens (tertiary/aromatic N) is 2. The fraction of sp³-hybridized carbons (Fsp3) is 0.222. The van der Waals surface area contributed by atoms with Crippen LogP contribution in [-0.2, 0) is 11.2 Å². The first-order valence-electron chi connectivity index (χ1n) is 10.9. The lowest BCUT2D eigenvalue weighted by Crippen LogP contribution is -2.27. The Kier molecular flexibility index (Phi) is 6.27. The van der Waals surface area contributed by atoms with E-state index in [2.05, 4.69) is 16.4 Å². The minimum absolute atomic E-state index is 0.0692. The number of carbonyl (C=O) groups excluding carboxylic acids is 2. The zero-order valence-corrected chi connectivity index (χ0v) is 19.0. The number of imidazole rings is 1. The predicted molar refractivity (Wildman–Crippen MR) is 130 cm³/mol. The number of para-hydroxylation sites is 1. The van der Waals surface area contributed by atoms with E-state index in [1.807, 2.05) is 79.9 Å². The molecule has 0 aliphatic heterocycles. The minimum atomic E-state index is -0.588. The van der Waals surface area contributed by atoms with Crippen molar-refractivity contribution in [3.63, 3.8) is 0 Å². The van der Waals surface area contributed by atoms with Crippen molar-refractivity contribution in [2.75, 3.05) is 5.32 Å². The highest BCUT2D eigenvalue weighted by molar-refractivity contribution is 5.94. The second kappa shape index (κ2) is 9.28. The van der Waals surface area contributed by atoms with Gasteiger partial charge in [-0.15, -0.1) is 0 Å². The van der Waals surface area contributed by atoms with Crippen molar-refractivity contribution in [1.29, 1.82) is 0 Å². The van der Waals surface area contributed by atoms with Gasteiger partial charge in [0, 0.05) is 30.2 Å². The Bertz CT molecular complexity index is 1300. The summed E-state index contributed by atoms with van der Waals surface area (Å²) in [6, 6.07) is 21.6. The van der Waals surface area contributed by atoms with E-state index < -0.39 is 11.7 Å². The average Bonchev–Trinajstić information content (AvgIpc) is 3.27. The zero-order chi connectivity index (χ0) is 23.4. The van der Waals surface area contributed by atoms with Gasteiger partial charge in [-0.2, -0.15) is 0 Å². The SMILES string of the molecule is CC(C)(C)OC(=O)Nc1ccccc1CCC(=O)c1nccn1-c1ccc2ccccc2c1. The first-order valence-corrected chi connectivity index (χ1v) is 10.9. The third-order valence-electron chi connectivity index (χ3n) is 5.18. The molecule has 0 spiro atoms. The number of Topliss-reactive ketones (excluding diaryl/α,β-unsaturated/α-hetero) is 1. The van der Waals surface area contributed by atoms with Gasteiger partial charge in [0.05, 0.1) is 0 Å². The number of anilines is 1. The summed E-state index contributed by atoms with van der Waals surface area (Å²) in [6.45, 7) is 5.44. The van der Waals surface area contributed by atoms with Crippen LogP contribution in [0.2, 0.25) is 0 Å². The van der Waals surface area contributed by atoms with Gasteiger partial charge in [0.2, 0.25) is 0 Å². The fourth-order valence-electron chi connectivity index (χ4n) is 3.68. The lowest BCUT2D eigenvalue weighted by Gasteiger charge is -2.20. The lowest BCUT2D eigenvalue weighted by molar-refractivity contribution is 0.0635. The molecular weight excluding hydrogens is 414 g/mol. The van der Waals surface area contributed by atoms with Crippen molar-refractivity contribution in [3.05, 3.63) is 90.5 Å². The third-order valence-corrected chi connectivity index (χ3v) is 5.18. The van der Waals surface area contributed by atoms with E-state index in [-0.39, 0.29) is 12.2 Å². The molecule has 4 rings (SSSR count). The first kappa shape index (κ1) is 22.3. The second-order valence-electron chi connectivity index (χ2n) is 8.86. The van der Waals surface area contributed by atoms with E-state index in [4.69, 9.17) is 4.74 Å². The van der Waals surface area contributed by atoms with Gasteiger partial charge in [-0.05, 0) is 61.7 Å². The molecule has 0 fully saturated rings. The van der Waals surface area contributed by atoms with E-state index in [9.17, 15) is 9.59 Å². The summed E-state index contributed by atoms with van der Waals surface area (Å²) in [4.78, 5) is 29.6. The number of carbonyl (C=O) groups is 2. The van der Waals surface area contributed by atoms with Gasteiger partial charge in [0.1, 0.15) is 5.60 Å². The highest BCUT2D eigenvalue weighted by Crippen LogP contribution is 2.22. The van der Waals surface area contributed by atoms with Crippen molar-refractivity contribution in [2.45, 2.75) is 39.2 Å². The maximum Gasteiger partial charge on any atom is 0.412 e.